The fourth-order valence-electron chi connectivity index (χ4n) is 5.96. The van der Waals surface area contributed by atoms with Gasteiger partial charge in [-0.2, -0.15) is 0 Å². The molecule has 5 aliphatic rings. The molecule has 0 unspecified atom stereocenters. The molecule has 0 spiro atoms. The fourth-order valence-corrected chi connectivity index (χ4v) is 5.96. The maximum Gasteiger partial charge on any atom is 0.351 e. The molecule has 27 heavy (non-hydrogen) atoms. The molecule has 0 radical (unpaired) electrons. The van der Waals surface area contributed by atoms with E-state index in [2.05, 4.69) is 5.32 Å². The summed E-state index contributed by atoms with van der Waals surface area (Å²) < 4.78 is 16.4. The molecule has 6 rings (SSSR count). The first-order valence-corrected chi connectivity index (χ1v) is 9.95. The Morgan fingerprint density at radius 2 is 1.67 bits per heavy atom. The molecule has 1 amide bonds. The second-order valence-corrected chi connectivity index (χ2v) is 8.72. The third-order valence-electron chi connectivity index (χ3n) is 6.56. The van der Waals surface area contributed by atoms with Crippen LogP contribution in [0, 0.1) is 17.8 Å². The van der Waals surface area contributed by atoms with Gasteiger partial charge in [-0.15, -0.1) is 0 Å². The zero-order chi connectivity index (χ0) is 18.4. The predicted octanol–water partition coefficient (Wildman–Crippen LogP) is 2.45. The van der Waals surface area contributed by atoms with Crippen molar-refractivity contribution in [2.75, 3.05) is 13.2 Å². The molecule has 6 heteroatoms. The van der Waals surface area contributed by atoms with Crippen molar-refractivity contribution in [2.45, 2.75) is 50.2 Å². The third-order valence-corrected chi connectivity index (χ3v) is 6.56. The lowest BCUT2D eigenvalue weighted by atomic mass is 9.53. The Morgan fingerprint density at radius 3 is 2.33 bits per heavy atom. The number of amides is 1. The highest BCUT2D eigenvalue weighted by Crippen LogP contribution is 2.55. The normalized spacial score (nSPS) is 35.6. The van der Waals surface area contributed by atoms with Gasteiger partial charge in [-0.3, -0.25) is 4.79 Å². The highest BCUT2D eigenvalue weighted by molar-refractivity contribution is 5.83. The van der Waals surface area contributed by atoms with Crippen molar-refractivity contribution in [3.8, 4) is 11.5 Å². The SMILES string of the molecule is O=C(COC(=O)[C@@H]1COc2ccccc2O1)NC12CC3CC(CC(C3)C1)C2. The molecule has 4 fully saturated rings. The highest BCUT2D eigenvalue weighted by Gasteiger charge is 2.51. The number of carbonyl (C=O) groups is 2. The Bertz CT molecular complexity index is 725. The molecule has 1 aromatic rings. The number of rotatable bonds is 4. The number of benzene rings is 1. The molecule has 4 bridgehead atoms. The molecule has 1 aliphatic heterocycles. The molecule has 0 saturated heterocycles. The maximum atomic E-state index is 12.5. The minimum absolute atomic E-state index is 0.0678. The molecule has 1 N–H and O–H groups in total. The number of hydrogen-bond acceptors (Lipinski definition) is 5. The summed E-state index contributed by atoms with van der Waals surface area (Å²) in [6, 6.07) is 7.19. The van der Waals surface area contributed by atoms with Gasteiger partial charge in [0.1, 0.15) is 6.61 Å². The van der Waals surface area contributed by atoms with Gasteiger partial charge in [-0.05, 0) is 68.4 Å². The number of esters is 1. The summed E-state index contributed by atoms with van der Waals surface area (Å²) in [6.45, 7) is -0.172. The first-order chi connectivity index (χ1) is 13.1. The molecule has 6 nitrogen and oxygen atoms in total. The Balaban J connectivity index is 1.14. The lowest BCUT2D eigenvalue weighted by Crippen LogP contribution is -2.60. The average molecular weight is 371 g/mol. The number of para-hydroxylation sites is 2. The van der Waals surface area contributed by atoms with Gasteiger partial charge in [0.25, 0.3) is 5.91 Å². The van der Waals surface area contributed by atoms with Crippen molar-refractivity contribution in [3.63, 3.8) is 0 Å². The van der Waals surface area contributed by atoms with Gasteiger partial charge >= 0.3 is 5.97 Å². The first-order valence-electron chi connectivity index (χ1n) is 9.95. The number of hydrogen-bond donors (Lipinski definition) is 1. The molecule has 1 heterocycles. The van der Waals surface area contributed by atoms with E-state index >= 15 is 0 Å². The summed E-state index contributed by atoms with van der Waals surface area (Å²) in [4.78, 5) is 24.7. The molecule has 0 aromatic heterocycles. The van der Waals surface area contributed by atoms with E-state index in [0.29, 0.717) is 11.5 Å². The zero-order valence-electron chi connectivity index (χ0n) is 15.3. The fraction of sp³-hybridized carbons (Fsp3) is 0.619. The molecule has 1 aromatic carbocycles. The monoisotopic (exact) mass is 371 g/mol. The number of nitrogens with one attached hydrogen (secondary N) is 1. The topological polar surface area (TPSA) is 73.9 Å². The van der Waals surface area contributed by atoms with Crippen LogP contribution in [0.3, 0.4) is 0 Å². The number of carbonyl (C=O) groups excluding carboxylic acids is 2. The van der Waals surface area contributed by atoms with Gasteiger partial charge in [0.15, 0.2) is 18.1 Å². The minimum atomic E-state index is -0.841. The lowest BCUT2D eigenvalue weighted by molar-refractivity contribution is -0.158. The van der Waals surface area contributed by atoms with Gasteiger partial charge in [0.2, 0.25) is 6.10 Å². The molecular formula is C21H25NO5. The van der Waals surface area contributed by atoms with Gasteiger partial charge < -0.3 is 19.5 Å². The van der Waals surface area contributed by atoms with Crippen LogP contribution in [0.2, 0.25) is 0 Å². The van der Waals surface area contributed by atoms with Crippen molar-refractivity contribution in [3.05, 3.63) is 24.3 Å². The zero-order valence-corrected chi connectivity index (χ0v) is 15.3. The van der Waals surface area contributed by atoms with Crippen LogP contribution >= 0.6 is 0 Å². The van der Waals surface area contributed by atoms with Crippen LogP contribution in [0.1, 0.15) is 38.5 Å². The van der Waals surface area contributed by atoms with Crippen molar-refractivity contribution in [1.29, 1.82) is 0 Å². The van der Waals surface area contributed by atoms with Gasteiger partial charge in [-0.1, -0.05) is 12.1 Å². The quantitative estimate of drug-likeness (QED) is 0.823. The Kier molecular flexibility index (Phi) is 4.02. The highest BCUT2D eigenvalue weighted by atomic mass is 16.6. The van der Waals surface area contributed by atoms with Crippen molar-refractivity contribution in [2.24, 2.45) is 17.8 Å². The Hall–Kier alpha value is -2.24. The number of ether oxygens (including phenoxy) is 3. The van der Waals surface area contributed by atoms with E-state index in [1.54, 1.807) is 12.1 Å². The van der Waals surface area contributed by atoms with Crippen LogP contribution in [0.25, 0.3) is 0 Å². The first kappa shape index (κ1) is 16.9. The Morgan fingerprint density at radius 1 is 1.04 bits per heavy atom. The third kappa shape index (κ3) is 3.26. The molecule has 4 aliphatic carbocycles. The van der Waals surface area contributed by atoms with E-state index in [9.17, 15) is 9.59 Å². The largest absolute Gasteiger partial charge is 0.485 e. The van der Waals surface area contributed by atoms with E-state index in [4.69, 9.17) is 14.2 Å². The Labute approximate surface area is 158 Å². The number of fused-ring (bicyclic) bond motifs is 1. The van der Waals surface area contributed by atoms with E-state index < -0.39 is 12.1 Å². The van der Waals surface area contributed by atoms with Crippen molar-refractivity contribution >= 4 is 11.9 Å². The van der Waals surface area contributed by atoms with E-state index in [0.717, 1.165) is 37.0 Å². The maximum absolute atomic E-state index is 12.5. The van der Waals surface area contributed by atoms with Crippen LogP contribution in [-0.4, -0.2) is 36.7 Å². The van der Waals surface area contributed by atoms with Crippen molar-refractivity contribution in [1.82, 2.24) is 5.32 Å². The summed E-state index contributed by atoms with van der Waals surface area (Å²) in [7, 11) is 0. The smallest absolute Gasteiger partial charge is 0.351 e. The standard InChI is InChI=1S/C21H25NO5/c23-19(22-21-8-13-5-14(9-21)7-15(6-13)10-21)12-26-20(24)18-11-25-16-3-1-2-4-17(16)27-18/h1-4,13-15,18H,5-12H2,(H,22,23)/t13?,14?,15?,18-,21?/m0/s1. The van der Waals surface area contributed by atoms with Gasteiger partial charge in [0.05, 0.1) is 0 Å². The summed E-state index contributed by atoms with van der Waals surface area (Å²) >= 11 is 0. The second-order valence-electron chi connectivity index (χ2n) is 8.72. The van der Waals surface area contributed by atoms with Crippen LogP contribution in [0.5, 0.6) is 11.5 Å². The molecule has 1 atom stereocenters. The average Bonchev–Trinajstić information content (AvgIpc) is 2.64. The summed E-state index contributed by atoms with van der Waals surface area (Å²) in [5.74, 6) is 2.63. The van der Waals surface area contributed by atoms with E-state index in [-0.39, 0.29) is 24.7 Å². The van der Waals surface area contributed by atoms with Gasteiger partial charge in [0, 0.05) is 5.54 Å². The lowest BCUT2D eigenvalue weighted by Gasteiger charge is -2.56. The molecule has 144 valence electrons. The van der Waals surface area contributed by atoms with Crippen LogP contribution in [0.4, 0.5) is 0 Å². The molecular weight excluding hydrogens is 346 g/mol. The van der Waals surface area contributed by atoms with E-state index in [1.165, 1.54) is 19.3 Å². The van der Waals surface area contributed by atoms with Crippen LogP contribution < -0.4 is 14.8 Å². The second kappa shape index (κ2) is 6.43. The summed E-state index contributed by atoms with van der Waals surface area (Å²) in [5, 5.41) is 3.21. The van der Waals surface area contributed by atoms with Crippen LogP contribution in [-0.2, 0) is 14.3 Å². The minimum Gasteiger partial charge on any atom is -0.485 e. The molecule has 4 saturated carbocycles. The summed E-state index contributed by atoms with van der Waals surface area (Å²) in [6.07, 6.45) is 6.37. The van der Waals surface area contributed by atoms with Gasteiger partial charge in [-0.25, -0.2) is 4.79 Å². The van der Waals surface area contributed by atoms with E-state index in [1.807, 2.05) is 12.1 Å². The predicted molar refractivity (Wildman–Crippen MR) is 96.4 cm³/mol. The summed E-state index contributed by atoms with van der Waals surface area (Å²) in [5.41, 5.74) is -0.0678. The van der Waals surface area contributed by atoms with Crippen LogP contribution in [0.15, 0.2) is 24.3 Å². The van der Waals surface area contributed by atoms with Crippen molar-refractivity contribution < 1.29 is 23.8 Å².